The van der Waals surface area contributed by atoms with Gasteiger partial charge in [-0.25, -0.2) is 4.79 Å². The van der Waals surface area contributed by atoms with Crippen molar-refractivity contribution in [2.45, 2.75) is 13.0 Å². The first-order valence-electron chi connectivity index (χ1n) is 6.19. The molecule has 2 rings (SSSR count). The molecule has 0 fully saturated rings. The van der Waals surface area contributed by atoms with E-state index < -0.39 is 18.0 Å². The summed E-state index contributed by atoms with van der Waals surface area (Å²) < 4.78 is 10.4. The van der Waals surface area contributed by atoms with Crippen LogP contribution < -0.4 is 5.32 Å². The lowest BCUT2D eigenvalue weighted by atomic mass is 10.3. The van der Waals surface area contributed by atoms with E-state index in [0.717, 1.165) is 0 Å². The molecule has 0 bridgehead atoms. The molecule has 0 aliphatic rings. The molecule has 0 unspecified atom stereocenters. The van der Waals surface area contributed by atoms with Crippen molar-refractivity contribution >= 4 is 68.3 Å². The Hall–Kier alpha value is -1.21. The van der Waals surface area contributed by atoms with E-state index in [1.165, 1.54) is 31.2 Å². The number of nitrogens with one attached hydrogen (secondary N) is 1. The van der Waals surface area contributed by atoms with Gasteiger partial charge in [-0.05, 0) is 47.1 Å². The molecule has 0 radical (unpaired) electrons. The lowest BCUT2D eigenvalue weighted by Gasteiger charge is -2.14. The van der Waals surface area contributed by atoms with Crippen LogP contribution in [0.5, 0.6) is 0 Å². The van der Waals surface area contributed by atoms with Crippen molar-refractivity contribution in [3.05, 3.63) is 49.8 Å². The summed E-state index contributed by atoms with van der Waals surface area (Å²) in [4.78, 5) is 23.9. The maximum atomic E-state index is 12.1. The first-order valence-corrected chi connectivity index (χ1v) is 8.12. The molecule has 1 aromatic carbocycles. The number of carbonyl (C=O) groups is 2. The van der Waals surface area contributed by atoms with Crippen LogP contribution in [0.4, 0.5) is 5.69 Å². The van der Waals surface area contributed by atoms with E-state index in [0.29, 0.717) is 4.67 Å². The summed E-state index contributed by atoms with van der Waals surface area (Å²) in [6.45, 7) is 1.41. The van der Waals surface area contributed by atoms with Gasteiger partial charge in [-0.15, -0.1) is 0 Å². The summed E-state index contributed by atoms with van der Waals surface area (Å²) in [5, 5.41) is 3.21. The predicted molar refractivity (Wildman–Crippen MR) is 91.4 cm³/mol. The molecule has 9 heteroatoms. The van der Waals surface area contributed by atoms with Gasteiger partial charge >= 0.3 is 5.97 Å². The van der Waals surface area contributed by atoms with Gasteiger partial charge in [0.2, 0.25) is 5.76 Å². The standard InChI is InChI=1S/C14H9BrCl3NO4/c1-6(22-14(21)11-2-3-12(15)23-11)13(20)19-10-5-8(17)7(16)4-9(10)18/h2-6H,1H3,(H,19,20)/t6-/m0/s1. The summed E-state index contributed by atoms with van der Waals surface area (Å²) in [7, 11) is 0. The fourth-order valence-corrected chi connectivity index (χ4v) is 2.45. The minimum absolute atomic E-state index is 0.0240. The predicted octanol–water partition coefficient (Wildman–Crippen LogP) is 5.19. The highest BCUT2D eigenvalue weighted by Gasteiger charge is 2.22. The molecule has 23 heavy (non-hydrogen) atoms. The van der Waals surface area contributed by atoms with Gasteiger partial charge in [-0.3, -0.25) is 4.79 Å². The van der Waals surface area contributed by atoms with Gasteiger partial charge in [0.15, 0.2) is 10.8 Å². The largest absolute Gasteiger partial charge is 0.447 e. The van der Waals surface area contributed by atoms with Gasteiger partial charge in [-0.2, -0.15) is 0 Å². The number of furan rings is 1. The van der Waals surface area contributed by atoms with Crippen molar-refractivity contribution in [3.8, 4) is 0 Å². The maximum absolute atomic E-state index is 12.1. The summed E-state index contributed by atoms with van der Waals surface area (Å²) >= 11 is 20.7. The van der Waals surface area contributed by atoms with Gasteiger partial charge in [-0.1, -0.05) is 34.8 Å². The summed E-state index contributed by atoms with van der Waals surface area (Å²) in [6, 6.07) is 5.77. The molecule has 5 nitrogen and oxygen atoms in total. The van der Waals surface area contributed by atoms with Gasteiger partial charge in [0.25, 0.3) is 5.91 Å². The number of rotatable bonds is 4. The highest BCUT2D eigenvalue weighted by Crippen LogP contribution is 2.32. The Bertz CT molecular complexity index is 762. The van der Waals surface area contributed by atoms with E-state index >= 15 is 0 Å². The minimum Gasteiger partial charge on any atom is -0.447 e. The Morgan fingerprint density at radius 3 is 2.43 bits per heavy atom. The fraction of sp³-hybridized carbons (Fsp3) is 0.143. The van der Waals surface area contributed by atoms with E-state index in [4.69, 9.17) is 44.0 Å². The quantitative estimate of drug-likeness (QED) is 0.524. The van der Waals surface area contributed by atoms with Gasteiger partial charge in [0, 0.05) is 0 Å². The summed E-state index contributed by atoms with van der Waals surface area (Å²) in [5.41, 5.74) is 0.259. The summed E-state index contributed by atoms with van der Waals surface area (Å²) in [5.74, 6) is -1.37. The number of esters is 1. The third-order valence-electron chi connectivity index (χ3n) is 2.70. The van der Waals surface area contributed by atoms with Gasteiger partial charge in [0.05, 0.1) is 20.8 Å². The van der Waals surface area contributed by atoms with Crippen molar-refractivity contribution in [3.63, 3.8) is 0 Å². The van der Waals surface area contributed by atoms with Gasteiger partial charge in [0.1, 0.15) is 0 Å². The first kappa shape index (κ1) is 18.1. The molecular formula is C14H9BrCl3NO4. The van der Waals surface area contributed by atoms with E-state index in [1.54, 1.807) is 0 Å². The molecule has 1 atom stereocenters. The molecule has 2 aromatic rings. The Morgan fingerprint density at radius 1 is 1.17 bits per heavy atom. The molecular weight excluding hydrogens is 432 g/mol. The van der Waals surface area contributed by atoms with Crippen LogP contribution in [0.1, 0.15) is 17.5 Å². The molecule has 1 amide bonds. The zero-order valence-electron chi connectivity index (χ0n) is 11.5. The average Bonchev–Trinajstić information content (AvgIpc) is 2.91. The second kappa shape index (κ2) is 7.57. The number of hydrogen-bond acceptors (Lipinski definition) is 4. The number of halogens is 4. The zero-order chi connectivity index (χ0) is 17.1. The molecule has 1 N–H and O–H groups in total. The second-order valence-electron chi connectivity index (χ2n) is 4.39. The number of hydrogen-bond donors (Lipinski definition) is 1. The summed E-state index contributed by atoms with van der Waals surface area (Å²) in [6.07, 6.45) is -1.07. The van der Waals surface area contributed by atoms with Crippen molar-refractivity contribution < 1.29 is 18.7 Å². The van der Waals surface area contributed by atoms with Crippen molar-refractivity contribution in [2.75, 3.05) is 5.32 Å². The van der Waals surface area contributed by atoms with Crippen LogP contribution in [0.15, 0.2) is 33.4 Å². The average molecular weight is 441 g/mol. The van der Waals surface area contributed by atoms with E-state index in [1.807, 2.05) is 0 Å². The highest BCUT2D eigenvalue weighted by molar-refractivity contribution is 9.10. The minimum atomic E-state index is -1.07. The van der Waals surface area contributed by atoms with Crippen LogP contribution in [0.3, 0.4) is 0 Å². The number of benzene rings is 1. The maximum Gasteiger partial charge on any atom is 0.375 e. The fourth-order valence-electron chi connectivity index (χ4n) is 1.55. The lowest BCUT2D eigenvalue weighted by Crippen LogP contribution is -2.30. The van der Waals surface area contributed by atoms with Gasteiger partial charge < -0.3 is 14.5 Å². The number of anilines is 1. The monoisotopic (exact) mass is 439 g/mol. The molecule has 0 saturated carbocycles. The van der Waals surface area contributed by atoms with E-state index in [9.17, 15) is 9.59 Å². The molecule has 0 spiro atoms. The van der Waals surface area contributed by atoms with E-state index in [-0.39, 0.29) is 26.5 Å². The first-order chi connectivity index (χ1) is 10.8. The Kier molecular flexibility index (Phi) is 5.97. The van der Waals surface area contributed by atoms with Crippen molar-refractivity contribution in [1.82, 2.24) is 0 Å². The topological polar surface area (TPSA) is 68.5 Å². The smallest absolute Gasteiger partial charge is 0.375 e. The zero-order valence-corrected chi connectivity index (χ0v) is 15.4. The van der Waals surface area contributed by atoms with Crippen LogP contribution in [0.2, 0.25) is 15.1 Å². The number of ether oxygens (including phenoxy) is 1. The van der Waals surface area contributed by atoms with Crippen LogP contribution in [-0.2, 0) is 9.53 Å². The third-order valence-corrected chi connectivity index (χ3v) is 4.16. The Labute approximate surface area is 155 Å². The molecule has 122 valence electrons. The second-order valence-corrected chi connectivity index (χ2v) is 6.39. The molecule has 1 aromatic heterocycles. The highest BCUT2D eigenvalue weighted by atomic mass is 79.9. The Morgan fingerprint density at radius 2 is 1.83 bits per heavy atom. The molecule has 0 aliphatic heterocycles. The molecule has 0 saturated heterocycles. The van der Waals surface area contributed by atoms with Crippen LogP contribution in [0, 0.1) is 0 Å². The van der Waals surface area contributed by atoms with Crippen molar-refractivity contribution in [2.24, 2.45) is 0 Å². The number of amides is 1. The number of carbonyl (C=O) groups excluding carboxylic acids is 2. The Balaban J connectivity index is 2.03. The molecule has 1 heterocycles. The third kappa shape index (κ3) is 4.64. The molecule has 0 aliphatic carbocycles. The lowest BCUT2D eigenvalue weighted by molar-refractivity contribution is -0.123. The normalized spacial score (nSPS) is 11.9. The van der Waals surface area contributed by atoms with Crippen LogP contribution in [-0.4, -0.2) is 18.0 Å². The van der Waals surface area contributed by atoms with Crippen molar-refractivity contribution in [1.29, 1.82) is 0 Å². The van der Waals surface area contributed by atoms with E-state index in [2.05, 4.69) is 21.2 Å². The van der Waals surface area contributed by atoms with Crippen LogP contribution in [0.25, 0.3) is 0 Å². The SMILES string of the molecule is C[C@H](OC(=O)c1ccc(Br)o1)C(=O)Nc1cc(Cl)c(Cl)cc1Cl. The van der Waals surface area contributed by atoms with Crippen LogP contribution >= 0.6 is 50.7 Å².